The van der Waals surface area contributed by atoms with E-state index < -0.39 is 0 Å². The molecule has 4 nitrogen and oxygen atoms in total. The van der Waals surface area contributed by atoms with Gasteiger partial charge in [0.1, 0.15) is 0 Å². The zero-order valence-corrected chi connectivity index (χ0v) is 16.4. The average Bonchev–Trinajstić information content (AvgIpc) is 2.90. The Kier molecular flexibility index (Phi) is 8.40. The first kappa shape index (κ1) is 18.9. The van der Waals surface area contributed by atoms with Gasteiger partial charge in [-0.3, -0.25) is 4.99 Å². The summed E-state index contributed by atoms with van der Waals surface area (Å²) in [6, 6.07) is 10.4. The van der Waals surface area contributed by atoms with Gasteiger partial charge in [-0.05, 0) is 12.5 Å². The van der Waals surface area contributed by atoms with Crippen LogP contribution in [0.25, 0.3) is 0 Å². The summed E-state index contributed by atoms with van der Waals surface area (Å²) in [6.07, 6.45) is 0.919. The number of guanidine groups is 1. The lowest BCUT2D eigenvalue weighted by molar-refractivity contribution is 0.477. The zero-order chi connectivity index (χ0) is 15.1. The van der Waals surface area contributed by atoms with Crippen molar-refractivity contribution >= 4 is 41.3 Å². The number of halogens is 1. The summed E-state index contributed by atoms with van der Waals surface area (Å²) < 4.78 is 0. The highest BCUT2D eigenvalue weighted by Crippen LogP contribution is 2.08. The number of hydrogen-bond acceptors (Lipinski definition) is 3. The Hall–Kier alpha value is -1.15. The van der Waals surface area contributed by atoms with E-state index in [1.807, 2.05) is 20.0 Å². The molecular weight excluding hydrogens is 407 g/mol. The summed E-state index contributed by atoms with van der Waals surface area (Å²) >= 11 is 1.70. The smallest absolute Gasteiger partial charge is 0.193 e. The van der Waals surface area contributed by atoms with Crippen molar-refractivity contribution in [2.24, 2.45) is 4.99 Å². The van der Waals surface area contributed by atoms with Crippen LogP contribution in [0.15, 0.2) is 40.7 Å². The van der Waals surface area contributed by atoms with Gasteiger partial charge in [0.05, 0.1) is 10.7 Å². The minimum atomic E-state index is 0. The van der Waals surface area contributed by atoms with Gasteiger partial charge in [0.25, 0.3) is 0 Å². The molecule has 0 spiro atoms. The van der Waals surface area contributed by atoms with E-state index in [1.165, 1.54) is 5.56 Å². The van der Waals surface area contributed by atoms with E-state index in [1.54, 1.807) is 11.3 Å². The lowest BCUT2D eigenvalue weighted by Gasteiger charge is -2.22. The van der Waals surface area contributed by atoms with E-state index in [4.69, 9.17) is 0 Å². The van der Waals surface area contributed by atoms with Crippen LogP contribution in [0.2, 0.25) is 0 Å². The Morgan fingerprint density at radius 3 is 2.64 bits per heavy atom. The van der Waals surface area contributed by atoms with Crippen LogP contribution in [-0.4, -0.2) is 36.5 Å². The molecule has 120 valence electrons. The minimum absolute atomic E-state index is 0. The van der Waals surface area contributed by atoms with E-state index in [9.17, 15) is 0 Å². The van der Waals surface area contributed by atoms with Crippen LogP contribution in [-0.2, 0) is 13.0 Å². The number of aliphatic imine (C=N–C) groups is 1. The maximum atomic E-state index is 4.47. The molecule has 0 fully saturated rings. The minimum Gasteiger partial charge on any atom is -0.356 e. The van der Waals surface area contributed by atoms with E-state index in [0.29, 0.717) is 0 Å². The van der Waals surface area contributed by atoms with Crippen LogP contribution in [0.3, 0.4) is 0 Å². The van der Waals surface area contributed by atoms with Crippen LogP contribution in [0.5, 0.6) is 0 Å². The van der Waals surface area contributed by atoms with Crippen LogP contribution >= 0.6 is 35.3 Å². The zero-order valence-electron chi connectivity index (χ0n) is 13.2. The second kappa shape index (κ2) is 9.78. The van der Waals surface area contributed by atoms with Gasteiger partial charge in [-0.1, -0.05) is 30.3 Å². The third-order valence-electron chi connectivity index (χ3n) is 3.17. The predicted octanol–water partition coefficient (Wildman–Crippen LogP) is 3.32. The molecule has 0 aliphatic carbocycles. The highest BCUT2D eigenvalue weighted by molar-refractivity contribution is 14.0. The lowest BCUT2D eigenvalue weighted by atomic mass is 10.2. The average molecular weight is 430 g/mol. The van der Waals surface area contributed by atoms with E-state index in [-0.39, 0.29) is 24.0 Å². The number of hydrogen-bond donors (Lipinski definition) is 1. The van der Waals surface area contributed by atoms with Gasteiger partial charge < -0.3 is 10.2 Å². The van der Waals surface area contributed by atoms with Crippen molar-refractivity contribution in [3.8, 4) is 0 Å². The van der Waals surface area contributed by atoms with Crippen molar-refractivity contribution in [3.05, 3.63) is 52.0 Å². The molecule has 2 aromatic rings. The molecule has 0 saturated carbocycles. The summed E-state index contributed by atoms with van der Waals surface area (Å²) in [5, 5.41) is 6.63. The van der Waals surface area contributed by atoms with Crippen molar-refractivity contribution in [1.82, 2.24) is 15.2 Å². The molecule has 0 atom stereocenters. The van der Waals surface area contributed by atoms with Crippen LogP contribution in [0, 0.1) is 6.92 Å². The number of nitrogens with one attached hydrogen (secondary N) is 1. The Bertz CT molecular complexity index is 583. The Labute approximate surface area is 153 Å². The maximum absolute atomic E-state index is 4.47. The van der Waals surface area contributed by atoms with Gasteiger partial charge in [0, 0.05) is 39.0 Å². The van der Waals surface area contributed by atoms with Crippen molar-refractivity contribution in [2.45, 2.75) is 19.9 Å². The molecule has 0 unspecified atom stereocenters. The topological polar surface area (TPSA) is 40.5 Å². The van der Waals surface area contributed by atoms with E-state index >= 15 is 0 Å². The molecule has 1 N–H and O–H groups in total. The Morgan fingerprint density at radius 1 is 1.32 bits per heavy atom. The standard InChI is InChI=1S/C16H22N4S.HI/c1-13-19-15(12-21-13)9-10-18-16(17-2)20(3)11-14-7-5-4-6-8-14;/h4-8,12H,9-11H2,1-3H3,(H,17,18);1H. The number of aryl methyl sites for hydroxylation is 1. The van der Waals surface area contributed by atoms with Crippen molar-refractivity contribution in [1.29, 1.82) is 0 Å². The summed E-state index contributed by atoms with van der Waals surface area (Å²) in [5.74, 6) is 0.908. The molecule has 2 rings (SSSR count). The van der Waals surface area contributed by atoms with Crippen LogP contribution in [0.1, 0.15) is 16.3 Å². The fraction of sp³-hybridized carbons (Fsp3) is 0.375. The first-order chi connectivity index (χ1) is 10.2. The first-order valence-corrected chi connectivity index (χ1v) is 7.93. The summed E-state index contributed by atoms with van der Waals surface area (Å²) in [7, 11) is 3.87. The molecule has 0 amide bonds. The molecule has 1 aromatic carbocycles. The fourth-order valence-corrected chi connectivity index (χ4v) is 2.79. The van der Waals surface area contributed by atoms with Crippen molar-refractivity contribution in [2.75, 3.05) is 20.6 Å². The van der Waals surface area contributed by atoms with Gasteiger partial charge in [0.2, 0.25) is 0 Å². The van der Waals surface area contributed by atoms with Gasteiger partial charge in [-0.2, -0.15) is 0 Å². The van der Waals surface area contributed by atoms with Crippen LogP contribution in [0.4, 0.5) is 0 Å². The predicted molar refractivity (Wildman–Crippen MR) is 105 cm³/mol. The molecule has 0 saturated heterocycles. The number of rotatable bonds is 5. The third-order valence-corrected chi connectivity index (χ3v) is 3.99. The molecule has 0 aliphatic heterocycles. The maximum Gasteiger partial charge on any atom is 0.193 e. The fourth-order valence-electron chi connectivity index (χ4n) is 2.14. The highest BCUT2D eigenvalue weighted by Gasteiger charge is 2.06. The Balaban J connectivity index is 0.00000242. The summed E-state index contributed by atoms with van der Waals surface area (Å²) in [4.78, 5) is 10.9. The molecular formula is C16H23IN4S. The van der Waals surface area contributed by atoms with Crippen molar-refractivity contribution in [3.63, 3.8) is 0 Å². The third kappa shape index (κ3) is 5.92. The van der Waals surface area contributed by atoms with Gasteiger partial charge >= 0.3 is 0 Å². The normalized spacial score (nSPS) is 11.0. The molecule has 0 radical (unpaired) electrons. The number of thiazole rings is 1. The highest BCUT2D eigenvalue weighted by atomic mass is 127. The number of benzene rings is 1. The number of aromatic nitrogens is 1. The van der Waals surface area contributed by atoms with E-state index in [2.05, 4.69) is 56.9 Å². The quantitative estimate of drug-likeness (QED) is 0.450. The molecule has 6 heteroatoms. The first-order valence-electron chi connectivity index (χ1n) is 7.05. The monoisotopic (exact) mass is 430 g/mol. The van der Waals surface area contributed by atoms with E-state index in [0.717, 1.165) is 36.2 Å². The second-order valence-electron chi connectivity index (χ2n) is 4.92. The van der Waals surface area contributed by atoms with Crippen molar-refractivity contribution < 1.29 is 0 Å². The molecule has 1 aromatic heterocycles. The second-order valence-corrected chi connectivity index (χ2v) is 5.99. The van der Waals surface area contributed by atoms with Gasteiger partial charge in [-0.25, -0.2) is 4.98 Å². The number of nitrogens with zero attached hydrogens (tertiary/aromatic N) is 3. The largest absolute Gasteiger partial charge is 0.356 e. The summed E-state index contributed by atoms with van der Waals surface area (Å²) in [6.45, 7) is 3.72. The lowest BCUT2D eigenvalue weighted by Crippen LogP contribution is -2.39. The molecule has 22 heavy (non-hydrogen) atoms. The molecule has 0 aliphatic rings. The van der Waals surface area contributed by atoms with Gasteiger partial charge in [0.15, 0.2) is 5.96 Å². The SMILES string of the molecule is CN=C(NCCc1csc(C)n1)N(C)Cc1ccccc1.I. The summed E-state index contributed by atoms with van der Waals surface area (Å²) in [5.41, 5.74) is 2.42. The Morgan fingerprint density at radius 2 is 2.05 bits per heavy atom. The molecule has 0 bridgehead atoms. The van der Waals surface area contributed by atoms with Crippen LogP contribution < -0.4 is 5.32 Å². The van der Waals surface area contributed by atoms with Gasteiger partial charge in [-0.15, -0.1) is 35.3 Å². The molecule has 1 heterocycles.